The van der Waals surface area contributed by atoms with E-state index in [4.69, 9.17) is 5.11 Å². The van der Waals surface area contributed by atoms with E-state index in [0.717, 1.165) is 4.90 Å². The lowest BCUT2D eigenvalue weighted by atomic mass is 9.98. The maximum atomic E-state index is 13.1. The maximum absolute atomic E-state index is 13.1. The topological polar surface area (TPSA) is 182 Å². The number of nitrogens with zero attached hydrogens (tertiary/aromatic N) is 4. The molecule has 0 aliphatic carbocycles. The summed E-state index contributed by atoms with van der Waals surface area (Å²) in [5, 5.41) is 29.9. The highest BCUT2D eigenvalue weighted by molar-refractivity contribution is 8.00. The second-order valence-corrected chi connectivity index (χ2v) is 9.80. The summed E-state index contributed by atoms with van der Waals surface area (Å²) >= 11 is 1.58. The zero-order valence-electron chi connectivity index (χ0n) is 20.0. The van der Waals surface area contributed by atoms with E-state index in [1.807, 2.05) is 37.3 Å². The second kappa shape index (κ2) is 12.9. The molecule has 0 spiro atoms. The van der Waals surface area contributed by atoms with Crippen molar-refractivity contribution >= 4 is 35.6 Å². The maximum Gasteiger partial charge on any atom is 0.405 e. The molecular weight excluding hydrogens is 488 g/mol. The molecule has 4 atom stereocenters. The van der Waals surface area contributed by atoms with Crippen molar-refractivity contribution in [3.05, 3.63) is 36.2 Å². The number of likely N-dealkylation sites (tertiary alicyclic amines) is 1. The number of amides is 4. The van der Waals surface area contributed by atoms with Gasteiger partial charge in [-0.3, -0.25) is 14.4 Å². The summed E-state index contributed by atoms with van der Waals surface area (Å²) in [5.41, 5.74) is 0. The van der Waals surface area contributed by atoms with Gasteiger partial charge < -0.3 is 26.0 Å². The molecule has 5 N–H and O–H groups in total. The first kappa shape index (κ1) is 26.9. The number of aromatic amines is 1. The first-order valence-corrected chi connectivity index (χ1v) is 12.4. The van der Waals surface area contributed by atoms with Crippen LogP contribution in [0.25, 0.3) is 0 Å². The fourth-order valence-corrected chi connectivity index (χ4v) is 5.06. The number of nitrogens with one attached hydrogen (secondary N) is 4. The Bertz CT molecular complexity index is 1040. The van der Waals surface area contributed by atoms with E-state index in [9.17, 15) is 19.2 Å². The molecule has 0 radical (unpaired) electrons. The minimum atomic E-state index is -1.32. The summed E-state index contributed by atoms with van der Waals surface area (Å²) in [7, 11) is 0. The zero-order valence-corrected chi connectivity index (χ0v) is 20.8. The molecule has 1 aromatic heterocycles. The van der Waals surface area contributed by atoms with Gasteiger partial charge in [-0.2, -0.15) is 5.21 Å². The molecule has 36 heavy (non-hydrogen) atoms. The van der Waals surface area contributed by atoms with E-state index in [-0.39, 0.29) is 30.2 Å². The number of thioether (sulfide) groups is 1. The molecule has 13 nitrogen and oxygen atoms in total. The van der Waals surface area contributed by atoms with Gasteiger partial charge in [0.1, 0.15) is 12.1 Å². The summed E-state index contributed by atoms with van der Waals surface area (Å²) in [4.78, 5) is 52.3. The molecule has 0 bridgehead atoms. The Morgan fingerprint density at radius 2 is 1.97 bits per heavy atom. The van der Waals surface area contributed by atoms with E-state index in [0.29, 0.717) is 25.2 Å². The predicted molar refractivity (Wildman–Crippen MR) is 130 cm³/mol. The average molecular weight is 519 g/mol. The molecule has 0 saturated carbocycles. The third-order valence-electron chi connectivity index (χ3n) is 5.93. The fraction of sp³-hybridized carbons (Fsp3) is 0.500. The van der Waals surface area contributed by atoms with Crippen LogP contribution in [0.15, 0.2) is 35.2 Å². The van der Waals surface area contributed by atoms with Crippen molar-refractivity contribution in [1.82, 2.24) is 41.5 Å². The lowest BCUT2D eigenvalue weighted by Crippen LogP contribution is -2.53. The van der Waals surface area contributed by atoms with Gasteiger partial charge in [0.2, 0.25) is 17.7 Å². The lowest BCUT2D eigenvalue weighted by molar-refractivity contribution is -0.139. The molecule has 0 unspecified atom stereocenters. The number of carbonyl (C=O) groups is 4. The molecule has 1 aliphatic heterocycles. The Morgan fingerprint density at radius 1 is 1.22 bits per heavy atom. The van der Waals surface area contributed by atoms with Crippen molar-refractivity contribution in [2.45, 2.75) is 55.5 Å². The Hall–Kier alpha value is -3.68. The molecule has 14 heteroatoms. The Labute approximate surface area is 212 Å². The minimum Gasteiger partial charge on any atom is -0.465 e. The van der Waals surface area contributed by atoms with Gasteiger partial charge in [0, 0.05) is 16.7 Å². The van der Waals surface area contributed by atoms with E-state index >= 15 is 0 Å². The van der Waals surface area contributed by atoms with Gasteiger partial charge in [-0.25, -0.2) is 4.79 Å². The molecular formula is C22H30N8O5S. The number of carbonyl (C=O) groups excluding carboxylic acids is 3. The van der Waals surface area contributed by atoms with Crippen LogP contribution in [0.4, 0.5) is 4.79 Å². The van der Waals surface area contributed by atoms with E-state index in [1.54, 1.807) is 18.7 Å². The van der Waals surface area contributed by atoms with Crippen LogP contribution in [-0.2, 0) is 20.9 Å². The van der Waals surface area contributed by atoms with Crippen LogP contribution >= 0.6 is 11.8 Å². The Morgan fingerprint density at radius 3 is 2.61 bits per heavy atom. The molecule has 1 aromatic carbocycles. The smallest absolute Gasteiger partial charge is 0.405 e. The van der Waals surface area contributed by atoms with Crippen LogP contribution in [-0.4, -0.2) is 84.9 Å². The molecule has 2 aromatic rings. The number of aromatic nitrogens is 4. The van der Waals surface area contributed by atoms with Gasteiger partial charge >= 0.3 is 6.09 Å². The largest absolute Gasteiger partial charge is 0.465 e. The quantitative estimate of drug-likeness (QED) is 0.281. The van der Waals surface area contributed by atoms with Crippen LogP contribution in [0.1, 0.15) is 32.5 Å². The number of benzene rings is 1. The first-order valence-electron chi connectivity index (χ1n) is 11.6. The number of tetrazole rings is 1. The minimum absolute atomic E-state index is 0.0329. The number of H-pyrrole nitrogens is 1. The van der Waals surface area contributed by atoms with Gasteiger partial charge in [0.05, 0.1) is 13.1 Å². The van der Waals surface area contributed by atoms with Crippen LogP contribution in [0.2, 0.25) is 0 Å². The third kappa shape index (κ3) is 7.41. The molecule has 1 aliphatic rings. The number of carboxylic acid groups (broad SMARTS) is 1. The summed E-state index contributed by atoms with van der Waals surface area (Å²) in [6.45, 7) is 3.60. The van der Waals surface area contributed by atoms with Gasteiger partial charge in [-0.15, -0.1) is 22.0 Å². The predicted octanol–water partition coefficient (Wildman–Crippen LogP) is 0.376. The van der Waals surface area contributed by atoms with Gasteiger partial charge in [-0.1, -0.05) is 43.7 Å². The zero-order chi connectivity index (χ0) is 26.1. The van der Waals surface area contributed by atoms with Crippen LogP contribution in [0.3, 0.4) is 0 Å². The normalized spacial score (nSPS) is 18.8. The van der Waals surface area contributed by atoms with Crippen LogP contribution < -0.4 is 16.0 Å². The first-order chi connectivity index (χ1) is 17.3. The van der Waals surface area contributed by atoms with Crippen molar-refractivity contribution in [3.63, 3.8) is 0 Å². The third-order valence-corrected chi connectivity index (χ3v) is 7.15. The van der Waals surface area contributed by atoms with Crippen molar-refractivity contribution in [2.75, 3.05) is 13.1 Å². The van der Waals surface area contributed by atoms with Crippen LogP contribution in [0.5, 0.6) is 0 Å². The molecule has 1 fully saturated rings. The average Bonchev–Trinajstić information content (AvgIpc) is 3.54. The molecule has 3 rings (SSSR count). The van der Waals surface area contributed by atoms with Crippen molar-refractivity contribution in [3.8, 4) is 0 Å². The van der Waals surface area contributed by atoms with Gasteiger partial charge in [0.25, 0.3) is 0 Å². The lowest BCUT2D eigenvalue weighted by Gasteiger charge is -2.25. The second-order valence-electron chi connectivity index (χ2n) is 8.43. The number of rotatable bonds is 11. The Balaban J connectivity index is 1.66. The summed E-state index contributed by atoms with van der Waals surface area (Å²) < 4.78 is 0. The summed E-state index contributed by atoms with van der Waals surface area (Å²) in [6.07, 6.45) is -0.326. The highest BCUT2D eigenvalue weighted by Crippen LogP contribution is 2.33. The molecule has 2 heterocycles. The van der Waals surface area contributed by atoms with Gasteiger partial charge in [-0.05, 0) is 24.5 Å². The van der Waals surface area contributed by atoms with Crippen molar-refractivity contribution < 1.29 is 24.3 Å². The summed E-state index contributed by atoms with van der Waals surface area (Å²) in [6, 6.07) is 7.94. The molecule has 194 valence electrons. The number of hydrogen-bond acceptors (Lipinski definition) is 8. The highest BCUT2D eigenvalue weighted by atomic mass is 32.2. The Kier molecular flexibility index (Phi) is 9.61. The fourth-order valence-electron chi connectivity index (χ4n) is 3.85. The molecule has 1 saturated heterocycles. The molecule has 4 amide bonds. The van der Waals surface area contributed by atoms with E-state index < -0.39 is 30.0 Å². The SMILES string of the molecule is CC[C@H](C)[C@H](NC(=O)O)C(=O)NCC(=O)N1C[C@H](Sc2ccccc2)C[C@H]1C(=O)NCc1nn[nH]n1. The van der Waals surface area contributed by atoms with Crippen molar-refractivity contribution in [2.24, 2.45) is 5.92 Å². The van der Waals surface area contributed by atoms with Gasteiger partial charge in [0.15, 0.2) is 5.82 Å². The van der Waals surface area contributed by atoms with Crippen LogP contribution in [0, 0.1) is 5.92 Å². The van der Waals surface area contributed by atoms with E-state index in [1.165, 1.54) is 4.90 Å². The summed E-state index contributed by atoms with van der Waals surface area (Å²) in [5.74, 6) is -1.34. The highest BCUT2D eigenvalue weighted by Gasteiger charge is 2.40. The monoisotopic (exact) mass is 518 g/mol. The van der Waals surface area contributed by atoms with Crippen molar-refractivity contribution in [1.29, 1.82) is 0 Å². The van der Waals surface area contributed by atoms with E-state index in [2.05, 4.69) is 36.6 Å². The number of hydrogen-bond donors (Lipinski definition) is 5. The standard InChI is InChI=1S/C22H30N8O5S/c1-3-13(2)19(25-22(34)35)21(33)24-11-18(31)30-12-15(36-14-7-5-4-6-8-14)9-16(30)20(32)23-10-17-26-28-29-27-17/h4-8,13,15-16,19,25H,3,9-12H2,1-2H3,(H,23,32)(H,24,33)(H,34,35)(H,26,27,28,29)/t13-,15+,16-,19-/m0/s1.